The van der Waals surface area contributed by atoms with Crippen molar-refractivity contribution in [1.29, 1.82) is 0 Å². The zero-order valence-corrected chi connectivity index (χ0v) is 25.8. The fourth-order valence-electron chi connectivity index (χ4n) is 3.94. The lowest BCUT2D eigenvalue weighted by atomic mass is 10.1. The van der Waals surface area contributed by atoms with Gasteiger partial charge in [-0.05, 0) is 86.0 Å². The van der Waals surface area contributed by atoms with Crippen molar-refractivity contribution in [3.05, 3.63) is 107 Å². The van der Waals surface area contributed by atoms with Crippen molar-refractivity contribution in [3.63, 3.8) is 0 Å². The highest BCUT2D eigenvalue weighted by molar-refractivity contribution is 7.98. The number of fused-ring (bicyclic) bond motifs is 2. The molecule has 0 atom stereocenters. The van der Waals surface area contributed by atoms with E-state index < -0.39 is 0 Å². The normalized spacial score (nSPS) is 10.2. The van der Waals surface area contributed by atoms with Crippen LogP contribution in [0.5, 0.6) is 11.5 Å². The molecule has 6 aromatic rings. The van der Waals surface area contributed by atoms with Crippen molar-refractivity contribution in [1.82, 2.24) is 19.9 Å². The molecule has 0 aliphatic carbocycles. The molecule has 0 spiro atoms. The second-order valence-corrected chi connectivity index (χ2v) is 11.1. The van der Waals surface area contributed by atoms with Gasteiger partial charge in [0, 0.05) is 38.7 Å². The van der Waals surface area contributed by atoms with Gasteiger partial charge in [0.15, 0.2) is 0 Å². The highest BCUT2D eigenvalue weighted by Gasteiger charge is 2.07. The number of H-pyrrole nitrogens is 1. The number of rotatable bonds is 4. The molecule has 9 nitrogen and oxygen atoms in total. The summed E-state index contributed by atoms with van der Waals surface area (Å²) in [6.07, 6.45) is 6.98. The minimum absolute atomic E-state index is 0. The van der Waals surface area contributed by atoms with E-state index in [-0.39, 0.29) is 24.5 Å². The average Bonchev–Trinajstić information content (AvgIpc) is 3.01. The Balaban J connectivity index is 0.000000197. The van der Waals surface area contributed by atoms with Crippen LogP contribution in [0, 0.1) is 13.8 Å². The summed E-state index contributed by atoms with van der Waals surface area (Å²) in [6.45, 7) is 3.88. The number of thioether (sulfide) groups is 2. The molecule has 0 amide bonds. The summed E-state index contributed by atoms with van der Waals surface area (Å²) in [5.74, 6) is 1.19. The van der Waals surface area contributed by atoms with Crippen molar-refractivity contribution in [3.8, 4) is 11.5 Å². The summed E-state index contributed by atoms with van der Waals surface area (Å²) in [5, 5.41) is 23.4. The lowest BCUT2D eigenvalue weighted by Gasteiger charge is -2.11. The third-order valence-electron chi connectivity index (χ3n) is 6.43. The first-order valence-corrected chi connectivity index (χ1v) is 15.6. The fraction of sp³-hybridized carbons (Fsp3) is 0.152. The van der Waals surface area contributed by atoms with Crippen LogP contribution in [0.3, 0.4) is 0 Å². The smallest absolute Gasteiger partial charge is 0.258 e. The van der Waals surface area contributed by atoms with Gasteiger partial charge in [-0.15, -0.1) is 23.5 Å². The van der Waals surface area contributed by atoms with Crippen molar-refractivity contribution in [2.24, 2.45) is 0 Å². The maximum atomic E-state index is 11.3. The van der Waals surface area contributed by atoms with Gasteiger partial charge < -0.3 is 26.2 Å². The number of anilines is 3. The van der Waals surface area contributed by atoms with Gasteiger partial charge in [-0.2, -0.15) is 0 Å². The summed E-state index contributed by atoms with van der Waals surface area (Å²) in [6, 6.07) is 21.9. The van der Waals surface area contributed by atoms with E-state index in [9.17, 15) is 9.90 Å². The van der Waals surface area contributed by atoms with Crippen molar-refractivity contribution in [2.45, 2.75) is 31.1 Å². The Bertz CT molecular complexity index is 1930. The number of aromatic hydroxyl groups is 2. The quantitative estimate of drug-likeness (QED) is 0.0972. The SMILES string of the molecule is C.CSc1ccc2nc[nH]c(=O)c2c1.CSc1ccc2ncnc(Nc3cc(O)ccc3C)c2c1.Cc1ccc(O)cc1N. The van der Waals surface area contributed by atoms with Crippen LogP contribution in [0.2, 0.25) is 0 Å². The average molecular weight is 629 g/mol. The predicted octanol–water partition coefficient (Wildman–Crippen LogP) is 7.67. The summed E-state index contributed by atoms with van der Waals surface area (Å²) in [5.41, 5.74) is 10.5. The van der Waals surface area contributed by atoms with Gasteiger partial charge in [-0.25, -0.2) is 15.0 Å². The molecule has 0 aliphatic heterocycles. The van der Waals surface area contributed by atoms with Gasteiger partial charge in [0.25, 0.3) is 5.56 Å². The number of nitrogens with one attached hydrogen (secondary N) is 2. The molecule has 6 rings (SSSR count). The molecular weight excluding hydrogens is 593 g/mol. The van der Waals surface area contributed by atoms with Gasteiger partial charge in [-0.1, -0.05) is 19.6 Å². The number of nitrogens with zero attached hydrogens (tertiary/aromatic N) is 3. The van der Waals surface area contributed by atoms with Crippen LogP contribution in [-0.4, -0.2) is 42.7 Å². The Morgan fingerprint density at radius 1 is 0.750 bits per heavy atom. The molecule has 0 fully saturated rings. The molecular formula is C33H36N6O3S2. The van der Waals surface area contributed by atoms with Crippen LogP contribution in [0.1, 0.15) is 18.6 Å². The van der Waals surface area contributed by atoms with Crippen molar-refractivity contribution >= 4 is 62.5 Å². The number of phenolic OH excluding ortho intramolecular Hbond substituents is 2. The maximum Gasteiger partial charge on any atom is 0.258 e. The van der Waals surface area contributed by atoms with Crippen LogP contribution < -0.4 is 16.6 Å². The summed E-state index contributed by atoms with van der Waals surface area (Å²) < 4.78 is 0. The summed E-state index contributed by atoms with van der Waals surface area (Å²) >= 11 is 3.29. The molecule has 228 valence electrons. The fourth-order valence-corrected chi connectivity index (χ4v) is 4.82. The van der Waals surface area contributed by atoms with Crippen LogP contribution >= 0.6 is 23.5 Å². The topological polar surface area (TPSA) is 150 Å². The van der Waals surface area contributed by atoms with Crippen LogP contribution in [-0.2, 0) is 0 Å². The summed E-state index contributed by atoms with van der Waals surface area (Å²) in [7, 11) is 0. The Hall–Kier alpha value is -4.74. The molecule has 44 heavy (non-hydrogen) atoms. The standard InChI is InChI=1S/C16H15N3OS.C9H8N2OS.C7H9NO.CH4/c1-10-3-4-11(20)7-15(10)19-16-13-8-12(21-2)5-6-14(13)17-9-18-16;1-13-6-2-3-8-7(4-6)9(12)11-5-10-8;1-5-2-3-6(9)4-7(5)8;/h3-9,20H,1-2H3,(H,17,18,19);2-5H,1H3,(H,10,11,12);2-4,9H,8H2,1H3;1H4. The van der Waals surface area contributed by atoms with E-state index in [1.54, 1.807) is 54.1 Å². The molecule has 2 aromatic heterocycles. The molecule has 0 saturated heterocycles. The Morgan fingerprint density at radius 2 is 1.34 bits per heavy atom. The van der Waals surface area contributed by atoms with E-state index in [4.69, 9.17) is 10.8 Å². The van der Waals surface area contributed by atoms with E-state index in [2.05, 4.69) is 31.3 Å². The number of nitrogen functional groups attached to an aromatic ring is 1. The monoisotopic (exact) mass is 628 g/mol. The zero-order valence-electron chi connectivity index (χ0n) is 24.1. The third kappa shape index (κ3) is 8.65. The Kier molecular flexibility index (Phi) is 12.0. The minimum Gasteiger partial charge on any atom is -0.508 e. The van der Waals surface area contributed by atoms with Crippen molar-refractivity contribution in [2.75, 3.05) is 23.6 Å². The lowest BCUT2D eigenvalue weighted by Crippen LogP contribution is -2.05. The number of aryl methyl sites for hydroxylation is 2. The first-order valence-electron chi connectivity index (χ1n) is 13.1. The molecule has 11 heteroatoms. The molecule has 6 N–H and O–H groups in total. The number of aromatic amines is 1. The first-order chi connectivity index (χ1) is 20.7. The van der Waals surface area contributed by atoms with Crippen LogP contribution in [0.15, 0.2) is 100 Å². The third-order valence-corrected chi connectivity index (χ3v) is 7.88. The van der Waals surface area contributed by atoms with Crippen molar-refractivity contribution < 1.29 is 10.2 Å². The van der Waals surface area contributed by atoms with Crippen LogP contribution in [0.25, 0.3) is 21.8 Å². The zero-order chi connectivity index (χ0) is 30.9. The molecule has 0 unspecified atom stereocenters. The van der Waals surface area contributed by atoms with E-state index in [1.165, 1.54) is 12.4 Å². The first kappa shape index (κ1) is 33.8. The van der Waals surface area contributed by atoms with Gasteiger partial charge in [0.05, 0.1) is 22.7 Å². The summed E-state index contributed by atoms with van der Waals surface area (Å²) in [4.78, 5) is 28.8. The molecule has 0 aliphatic rings. The highest BCUT2D eigenvalue weighted by atomic mass is 32.2. The number of hydrogen-bond donors (Lipinski definition) is 5. The molecule has 2 heterocycles. The predicted molar refractivity (Wildman–Crippen MR) is 186 cm³/mol. The number of benzene rings is 4. The Morgan fingerprint density at radius 3 is 1.95 bits per heavy atom. The van der Waals surface area contributed by atoms with Gasteiger partial charge in [0.1, 0.15) is 23.6 Å². The lowest BCUT2D eigenvalue weighted by molar-refractivity contribution is 0.475. The van der Waals surface area contributed by atoms with E-state index in [1.807, 2.05) is 62.8 Å². The number of aromatic nitrogens is 4. The largest absolute Gasteiger partial charge is 0.508 e. The second kappa shape index (κ2) is 15.6. The molecule has 0 bridgehead atoms. The van der Waals surface area contributed by atoms with Gasteiger partial charge in [0.2, 0.25) is 0 Å². The Labute approximate surface area is 265 Å². The highest BCUT2D eigenvalue weighted by Crippen LogP contribution is 2.29. The molecule has 0 radical (unpaired) electrons. The second-order valence-electron chi connectivity index (χ2n) is 9.39. The minimum atomic E-state index is -0.0825. The van der Waals surface area contributed by atoms with E-state index >= 15 is 0 Å². The van der Waals surface area contributed by atoms with E-state index in [0.29, 0.717) is 11.1 Å². The van der Waals surface area contributed by atoms with E-state index in [0.717, 1.165) is 48.8 Å². The number of nitrogens with two attached hydrogens (primary N) is 1. The number of hydrogen-bond acceptors (Lipinski definition) is 10. The maximum absolute atomic E-state index is 11.3. The van der Waals surface area contributed by atoms with Gasteiger partial charge >= 0.3 is 0 Å². The molecule has 0 saturated carbocycles. The van der Waals surface area contributed by atoms with Crippen LogP contribution in [0.4, 0.5) is 17.2 Å². The van der Waals surface area contributed by atoms with Gasteiger partial charge in [-0.3, -0.25) is 4.79 Å². The molecule has 4 aromatic carbocycles. The number of phenols is 2.